The molecule has 0 saturated carbocycles. The summed E-state index contributed by atoms with van der Waals surface area (Å²) in [5, 5.41) is 2.64. The minimum Gasteiger partial charge on any atom is -0.492 e. The molecule has 0 heterocycles. The van der Waals surface area contributed by atoms with Gasteiger partial charge in [0.05, 0.1) is 12.3 Å². The van der Waals surface area contributed by atoms with E-state index in [1.807, 2.05) is 6.92 Å². The van der Waals surface area contributed by atoms with E-state index < -0.39 is 0 Å². The van der Waals surface area contributed by atoms with E-state index in [1.54, 1.807) is 18.2 Å². The number of carbonyl (C=O) groups is 2. The zero-order chi connectivity index (χ0) is 12.1. The molecular weight excluding hydrogens is 206 g/mol. The summed E-state index contributed by atoms with van der Waals surface area (Å²) in [6.07, 6.45) is 0. The quantitative estimate of drug-likeness (QED) is 0.793. The zero-order valence-corrected chi connectivity index (χ0v) is 9.66. The van der Waals surface area contributed by atoms with E-state index in [1.165, 1.54) is 13.8 Å². The van der Waals surface area contributed by atoms with Crippen LogP contribution in [0.4, 0.5) is 5.69 Å². The van der Waals surface area contributed by atoms with Crippen LogP contribution in [0.3, 0.4) is 0 Å². The monoisotopic (exact) mass is 221 g/mol. The molecule has 16 heavy (non-hydrogen) atoms. The molecule has 4 nitrogen and oxygen atoms in total. The molecule has 0 unspecified atom stereocenters. The maximum absolute atomic E-state index is 11.2. The van der Waals surface area contributed by atoms with Gasteiger partial charge in [-0.2, -0.15) is 0 Å². The Labute approximate surface area is 94.6 Å². The highest BCUT2D eigenvalue weighted by atomic mass is 16.5. The summed E-state index contributed by atoms with van der Waals surface area (Å²) in [7, 11) is 0. The Morgan fingerprint density at radius 2 is 2.00 bits per heavy atom. The predicted molar refractivity (Wildman–Crippen MR) is 61.9 cm³/mol. The maximum Gasteiger partial charge on any atom is 0.221 e. The molecule has 86 valence electrons. The third-order valence-electron chi connectivity index (χ3n) is 2.00. The van der Waals surface area contributed by atoms with Gasteiger partial charge in [0.25, 0.3) is 0 Å². The smallest absolute Gasteiger partial charge is 0.221 e. The van der Waals surface area contributed by atoms with Crippen molar-refractivity contribution in [2.75, 3.05) is 11.9 Å². The van der Waals surface area contributed by atoms with Crippen molar-refractivity contribution in [1.82, 2.24) is 0 Å². The van der Waals surface area contributed by atoms with Gasteiger partial charge in [-0.1, -0.05) is 0 Å². The standard InChI is InChI=1S/C12H15NO3/c1-4-16-12-6-5-10(8(2)14)7-11(12)13-9(3)15/h5-7H,4H2,1-3H3,(H,13,15). The Kier molecular flexibility index (Phi) is 4.05. The predicted octanol–water partition coefficient (Wildman–Crippen LogP) is 2.25. The molecule has 0 aliphatic carbocycles. The van der Waals surface area contributed by atoms with Gasteiger partial charge in [-0.05, 0) is 32.0 Å². The average molecular weight is 221 g/mol. The van der Waals surface area contributed by atoms with Gasteiger partial charge in [-0.15, -0.1) is 0 Å². The zero-order valence-electron chi connectivity index (χ0n) is 9.66. The Morgan fingerprint density at radius 3 is 2.50 bits per heavy atom. The van der Waals surface area contributed by atoms with Crippen LogP contribution in [-0.4, -0.2) is 18.3 Å². The molecule has 0 spiro atoms. The normalized spacial score (nSPS) is 9.69. The molecule has 0 aliphatic rings. The molecule has 1 amide bonds. The van der Waals surface area contributed by atoms with E-state index in [0.29, 0.717) is 23.6 Å². The Balaban J connectivity index is 3.09. The van der Waals surface area contributed by atoms with Crippen molar-refractivity contribution >= 4 is 17.4 Å². The first-order valence-corrected chi connectivity index (χ1v) is 5.10. The minimum atomic E-state index is -0.193. The number of hydrogen-bond donors (Lipinski definition) is 1. The number of ketones is 1. The van der Waals surface area contributed by atoms with E-state index in [2.05, 4.69) is 5.32 Å². The number of anilines is 1. The van der Waals surface area contributed by atoms with Gasteiger partial charge in [-0.3, -0.25) is 9.59 Å². The molecule has 1 rings (SSSR count). The highest BCUT2D eigenvalue weighted by Crippen LogP contribution is 2.26. The van der Waals surface area contributed by atoms with Crippen molar-refractivity contribution in [3.8, 4) is 5.75 Å². The lowest BCUT2D eigenvalue weighted by Crippen LogP contribution is -2.09. The van der Waals surface area contributed by atoms with Crippen LogP contribution in [0.15, 0.2) is 18.2 Å². The molecule has 1 N–H and O–H groups in total. The first-order chi connectivity index (χ1) is 7.54. The number of rotatable bonds is 4. The number of ether oxygens (including phenoxy) is 1. The van der Waals surface area contributed by atoms with E-state index in [4.69, 9.17) is 4.74 Å². The summed E-state index contributed by atoms with van der Waals surface area (Å²) in [4.78, 5) is 22.2. The van der Waals surface area contributed by atoms with E-state index in [-0.39, 0.29) is 11.7 Å². The molecule has 1 aromatic carbocycles. The fourth-order valence-electron chi connectivity index (χ4n) is 1.32. The summed E-state index contributed by atoms with van der Waals surface area (Å²) < 4.78 is 5.35. The second-order valence-electron chi connectivity index (χ2n) is 3.38. The van der Waals surface area contributed by atoms with E-state index in [9.17, 15) is 9.59 Å². The molecular formula is C12H15NO3. The van der Waals surface area contributed by atoms with Crippen molar-refractivity contribution < 1.29 is 14.3 Å². The molecule has 0 saturated heterocycles. The van der Waals surface area contributed by atoms with Gasteiger partial charge in [0.2, 0.25) is 5.91 Å². The topological polar surface area (TPSA) is 55.4 Å². The van der Waals surface area contributed by atoms with Crippen molar-refractivity contribution in [2.24, 2.45) is 0 Å². The molecule has 0 fully saturated rings. The van der Waals surface area contributed by atoms with Gasteiger partial charge in [0.15, 0.2) is 5.78 Å². The third kappa shape index (κ3) is 3.08. The van der Waals surface area contributed by atoms with Crippen LogP contribution in [0.1, 0.15) is 31.1 Å². The summed E-state index contributed by atoms with van der Waals surface area (Å²) in [6, 6.07) is 4.98. The Bertz CT molecular complexity index is 413. The third-order valence-corrected chi connectivity index (χ3v) is 2.00. The molecule has 0 aromatic heterocycles. The molecule has 4 heteroatoms. The van der Waals surface area contributed by atoms with Crippen molar-refractivity contribution in [3.05, 3.63) is 23.8 Å². The maximum atomic E-state index is 11.2. The van der Waals surface area contributed by atoms with Crippen molar-refractivity contribution in [2.45, 2.75) is 20.8 Å². The van der Waals surface area contributed by atoms with Crippen LogP contribution < -0.4 is 10.1 Å². The summed E-state index contributed by atoms with van der Waals surface area (Å²) in [6.45, 7) is 5.26. The number of Topliss-reactive ketones (excluding diaryl/α,β-unsaturated/α-hetero) is 1. The van der Waals surface area contributed by atoms with Gasteiger partial charge in [0, 0.05) is 12.5 Å². The first kappa shape index (κ1) is 12.2. The van der Waals surface area contributed by atoms with E-state index >= 15 is 0 Å². The molecule has 1 aromatic rings. The summed E-state index contributed by atoms with van der Waals surface area (Å²) in [5.41, 5.74) is 1.08. The fraction of sp³-hybridized carbons (Fsp3) is 0.333. The van der Waals surface area contributed by atoms with Gasteiger partial charge >= 0.3 is 0 Å². The van der Waals surface area contributed by atoms with Gasteiger partial charge in [-0.25, -0.2) is 0 Å². The highest BCUT2D eigenvalue weighted by molar-refractivity contribution is 5.97. The average Bonchev–Trinajstić information content (AvgIpc) is 2.19. The Hall–Kier alpha value is -1.84. The van der Waals surface area contributed by atoms with Crippen LogP contribution >= 0.6 is 0 Å². The van der Waals surface area contributed by atoms with Crippen LogP contribution in [0.25, 0.3) is 0 Å². The van der Waals surface area contributed by atoms with Crippen LogP contribution in [0, 0.1) is 0 Å². The van der Waals surface area contributed by atoms with Crippen LogP contribution in [-0.2, 0) is 4.79 Å². The number of hydrogen-bond acceptors (Lipinski definition) is 3. The van der Waals surface area contributed by atoms with E-state index in [0.717, 1.165) is 0 Å². The number of amides is 1. The largest absolute Gasteiger partial charge is 0.492 e. The lowest BCUT2D eigenvalue weighted by atomic mass is 10.1. The molecule has 0 radical (unpaired) electrons. The number of carbonyl (C=O) groups excluding carboxylic acids is 2. The van der Waals surface area contributed by atoms with Gasteiger partial charge < -0.3 is 10.1 Å². The SMILES string of the molecule is CCOc1ccc(C(C)=O)cc1NC(C)=O. The first-order valence-electron chi connectivity index (χ1n) is 5.10. The van der Waals surface area contributed by atoms with Crippen molar-refractivity contribution in [3.63, 3.8) is 0 Å². The summed E-state index contributed by atoms with van der Waals surface area (Å²) >= 11 is 0. The molecule has 0 bridgehead atoms. The van der Waals surface area contributed by atoms with Gasteiger partial charge in [0.1, 0.15) is 5.75 Å². The molecule has 0 aliphatic heterocycles. The van der Waals surface area contributed by atoms with Crippen LogP contribution in [0.2, 0.25) is 0 Å². The second kappa shape index (κ2) is 5.30. The lowest BCUT2D eigenvalue weighted by molar-refractivity contribution is -0.114. The van der Waals surface area contributed by atoms with Crippen LogP contribution in [0.5, 0.6) is 5.75 Å². The summed E-state index contributed by atoms with van der Waals surface area (Å²) in [5.74, 6) is 0.332. The number of benzene rings is 1. The second-order valence-corrected chi connectivity index (χ2v) is 3.38. The number of nitrogens with one attached hydrogen (secondary N) is 1. The van der Waals surface area contributed by atoms with Crippen molar-refractivity contribution in [1.29, 1.82) is 0 Å². The molecule has 0 atom stereocenters. The fourth-order valence-corrected chi connectivity index (χ4v) is 1.32. The Morgan fingerprint density at radius 1 is 1.31 bits per heavy atom. The highest BCUT2D eigenvalue weighted by Gasteiger charge is 2.08. The lowest BCUT2D eigenvalue weighted by Gasteiger charge is -2.11. The minimum absolute atomic E-state index is 0.0466.